The van der Waals surface area contributed by atoms with Crippen LogP contribution in [-0.2, 0) is 11.3 Å². The Morgan fingerprint density at radius 3 is 2.76 bits per heavy atom. The van der Waals surface area contributed by atoms with E-state index in [0.29, 0.717) is 30.3 Å². The van der Waals surface area contributed by atoms with Crippen LogP contribution in [0, 0.1) is 0 Å². The number of thioether (sulfide) groups is 1. The third kappa shape index (κ3) is 3.96. The molecule has 2 aromatic rings. The van der Waals surface area contributed by atoms with Gasteiger partial charge in [-0.25, -0.2) is 0 Å². The minimum absolute atomic E-state index is 0.0148. The molecule has 134 valence electrons. The quantitative estimate of drug-likeness (QED) is 0.552. The number of anilines is 1. The fourth-order valence-corrected chi connectivity index (χ4v) is 3.63. The lowest BCUT2D eigenvalue weighted by molar-refractivity contribution is 0.101. The lowest BCUT2D eigenvalue weighted by Gasteiger charge is -2.27. The molecule has 0 bridgehead atoms. The maximum atomic E-state index is 12.5. The Bertz CT molecular complexity index is 728. The molecule has 0 unspecified atom stereocenters. The van der Waals surface area contributed by atoms with Crippen LogP contribution < -0.4 is 9.64 Å². The van der Waals surface area contributed by atoms with Gasteiger partial charge in [0.15, 0.2) is 10.9 Å². The van der Waals surface area contributed by atoms with Gasteiger partial charge in [0.1, 0.15) is 5.75 Å². The zero-order valence-corrected chi connectivity index (χ0v) is 15.3. The number of hydrogen-bond acceptors (Lipinski definition) is 7. The predicted molar refractivity (Wildman–Crippen MR) is 96.8 cm³/mol. The van der Waals surface area contributed by atoms with Gasteiger partial charge < -0.3 is 14.4 Å². The smallest absolute Gasteiger partial charge is 0.228 e. The first kappa shape index (κ1) is 17.8. The largest absolute Gasteiger partial charge is 0.496 e. The van der Waals surface area contributed by atoms with E-state index >= 15 is 0 Å². The van der Waals surface area contributed by atoms with Crippen LogP contribution in [0.25, 0.3) is 0 Å². The average Bonchev–Trinajstić information content (AvgIpc) is 3.09. The molecule has 1 aromatic carbocycles. The van der Waals surface area contributed by atoms with Crippen LogP contribution in [0.2, 0.25) is 0 Å². The number of carbonyl (C=O) groups is 1. The van der Waals surface area contributed by atoms with E-state index in [2.05, 4.69) is 22.0 Å². The lowest BCUT2D eigenvalue weighted by atomic mass is 10.1. The molecule has 1 aliphatic heterocycles. The van der Waals surface area contributed by atoms with Gasteiger partial charge in [-0.2, -0.15) is 0 Å². The number of para-hydroxylation sites is 1. The second-order valence-corrected chi connectivity index (χ2v) is 6.48. The molecule has 1 fully saturated rings. The van der Waals surface area contributed by atoms with Gasteiger partial charge in [-0.15, -0.1) is 10.2 Å². The molecule has 0 amide bonds. The normalized spacial score (nSPS) is 14.6. The van der Waals surface area contributed by atoms with E-state index in [0.717, 1.165) is 30.7 Å². The Balaban J connectivity index is 1.70. The van der Waals surface area contributed by atoms with E-state index in [1.165, 1.54) is 11.8 Å². The summed E-state index contributed by atoms with van der Waals surface area (Å²) in [6, 6.07) is 7.27. The van der Waals surface area contributed by atoms with E-state index in [4.69, 9.17) is 9.47 Å². The molecule has 3 rings (SSSR count). The number of Topliss-reactive ketones (excluding diaryl/α,β-unsaturated/α-hetero) is 1. The van der Waals surface area contributed by atoms with E-state index < -0.39 is 0 Å². The van der Waals surface area contributed by atoms with Crippen molar-refractivity contribution in [3.63, 3.8) is 0 Å². The summed E-state index contributed by atoms with van der Waals surface area (Å²) in [5.74, 6) is 1.75. The van der Waals surface area contributed by atoms with Crippen molar-refractivity contribution < 1.29 is 14.3 Å². The molecule has 0 aliphatic carbocycles. The molecule has 25 heavy (non-hydrogen) atoms. The van der Waals surface area contributed by atoms with Crippen molar-refractivity contribution in [3.8, 4) is 5.75 Å². The zero-order chi connectivity index (χ0) is 17.6. The maximum Gasteiger partial charge on any atom is 0.228 e. The zero-order valence-electron chi connectivity index (χ0n) is 14.5. The van der Waals surface area contributed by atoms with Gasteiger partial charge in [-0.05, 0) is 19.1 Å². The topological polar surface area (TPSA) is 69.5 Å². The van der Waals surface area contributed by atoms with Gasteiger partial charge in [0.2, 0.25) is 5.95 Å². The minimum atomic E-state index is 0.0148. The van der Waals surface area contributed by atoms with Crippen molar-refractivity contribution >= 4 is 23.5 Å². The van der Waals surface area contributed by atoms with Crippen LogP contribution in [0.3, 0.4) is 0 Å². The van der Waals surface area contributed by atoms with Crippen molar-refractivity contribution in [1.29, 1.82) is 0 Å². The highest BCUT2D eigenvalue weighted by atomic mass is 32.2. The van der Waals surface area contributed by atoms with E-state index in [1.54, 1.807) is 19.2 Å². The Kier molecular flexibility index (Phi) is 5.93. The average molecular weight is 362 g/mol. The Morgan fingerprint density at radius 2 is 2.04 bits per heavy atom. The van der Waals surface area contributed by atoms with Gasteiger partial charge in [0, 0.05) is 19.6 Å². The molecule has 0 atom stereocenters. The van der Waals surface area contributed by atoms with E-state index in [-0.39, 0.29) is 5.78 Å². The van der Waals surface area contributed by atoms with Crippen molar-refractivity contribution in [2.24, 2.45) is 0 Å². The molecule has 1 saturated heterocycles. The molecule has 0 radical (unpaired) electrons. The highest BCUT2D eigenvalue weighted by Crippen LogP contribution is 2.25. The van der Waals surface area contributed by atoms with Crippen LogP contribution in [0.1, 0.15) is 17.3 Å². The summed E-state index contributed by atoms with van der Waals surface area (Å²) in [5, 5.41) is 9.36. The van der Waals surface area contributed by atoms with Crippen LogP contribution in [0.5, 0.6) is 5.75 Å². The number of carbonyl (C=O) groups excluding carboxylic acids is 1. The first-order valence-electron chi connectivity index (χ1n) is 8.29. The molecule has 2 heterocycles. The van der Waals surface area contributed by atoms with Gasteiger partial charge in [-0.1, -0.05) is 23.9 Å². The van der Waals surface area contributed by atoms with Crippen LogP contribution in [0.15, 0.2) is 29.4 Å². The fraction of sp³-hybridized carbons (Fsp3) is 0.471. The number of nitrogens with zero attached hydrogens (tertiary/aromatic N) is 4. The Hall–Kier alpha value is -2.06. The van der Waals surface area contributed by atoms with Crippen molar-refractivity contribution in [3.05, 3.63) is 29.8 Å². The van der Waals surface area contributed by atoms with Crippen molar-refractivity contribution in [2.45, 2.75) is 18.6 Å². The van der Waals surface area contributed by atoms with E-state index in [1.807, 2.05) is 16.7 Å². The number of benzene rings is 1. The van der Waals surface area contributed by atoms with Crippen LogP contribution in [-0.4, -0.2) is 59.7 Å². The van der Waals surface area contributed by atoms with Crippen LogP contribution in [0.4, 0.5) is 5.95 Å². The molecule has 1 aliphatic rings. The molecule has 0 saturated carbocycles. The maximum absolute atomic E-state index is 12.5. The van der Waals surface area contributed by atoms with Gasteiger partial charge in [0.25, 0.3) is 0 Å². The number of ketones is 1. The molecule has 0 N–H and O–H groups in total. The number of morpholine rings is 1. The van der Waals surface area contributed by atoms with Crippen molar-refractivity contribution in [1.82, 2.24) is 14.8 Å². The minimum Gasteiger partial charge on any atom is -0.496 e. The summed E-state index contributed by atoms with van der Waals surface area (Å²) in [4.78, 5) is 14.7. The third-order valence-electron chi connectivity index (χ3n) is 4.05. The summed E-state index contributed by atoms with van der Waals surface area (Å²) >= 11 is 1.40. The van der Waals surface area contributed by atoms with Gasteiger partial charge >= 0.3 is 0 Å². The first-order chi connectivity index (χ1) is 12.2. The number of methoxy groups -OCH3 is 1. The molecule has 8 heteroatoms. The summed E-state index contributed by atoms with van der Waals surface area (Å²) in [7, 11) is 1.57. The van der Waals surface area contributed by atoms with Crippen molar-refractivity contribution in [2.75, 3.05) is 44.1 Å². The highest BCUT2D eigenvalue weighted by Gasteiger charge is 2.21. The molecule has 1 aromatic heterocycles. The lowest BCUT2D eigenvalue weighted by Crippen LogP contribution is -2.38. The van der Waals surface area contributed by atoms with Crippen LogP contribution >= 0.6 is 11.8 Å². The molecule has 0 spiro atoms. The fourth-order valence-electron chi connectivity index (χ4n) is 2.74. The van der Waals surface area contributed by atoms with E-state index in [9.17, 15) is 4.79 Å². The summed E-state index contributed by atoms with van der Waals surface area (Å²) in [6.45, 7) is 5.83. The SMILES string of the molecule is CCn1c(SCC(=O)c2ccccc2OC)nnc1N1CCOCC1. The molecule has 7 nitrogen and oxygen atoms in total. The van der Waals surface area contributed by atoms with Gasteiger partial charge in [0.05, 0.1) is 31.6 Å². The monoisotopic (exact) mass is 362 g/mol. The summed E-state index contributed by atoms with van der Waals surface area (Å²) in [5.41, 5.74) is 0.591. The van der Waals surface area contributed by atoms with Gasteiger partial charge in [-0.3, -0.25) is 9.36 Å². The molecular formula is C17H22N4O3S. The highest BCUT2D eigenvalue weighted by molar-refractivity contribution is 7.99. The number of hydrogen-bond donors (Lipinski definition) is 0. The predicted octanol–water partition coefficient (Wildman–Crippen LogP) is 2.12. The first-order valence-corrected chi connectivity index (χ1v) is 9.28. The second-order valence-electron chi connectivity index (χ2n) is 5.54. The number of rotatable bonds is 7. The molecular weight excluding hydrogens is 340 g/mol. The second kappa shape index (κ2) is 8.35. The Morgan fingerprint density at radius 1 is 1.28 bits per heavy atom. The summed E-state index contributed by atoms with van der Waals surface area (Å²) in [6.07, 6.45) is 0. The number of aromatic nitrogens is 3. The Labute approximate surface area is 151 Å². The standard InChI is InChI=1S/C17H22N4O3S/c1-3-21-16(20-8-10-24-11-9-20)18-19-17(21)25-12-14(22)13-6-4-5-7-15(13)23-2/h4-7H,3,8-12H2,1-2H3. The number of ether oxygens (including phenoxy) is 2. The third-order valence-corrected chi connectivity index (χ3v) is 5.01. The summed E-state index contributed by atoms with van der Waals surface area (Å²) < 4.78 is 12.7.